The molecule has 0 unspecified atom stereocenters. The average Bonchev–Trinajstić information content (AvgIpc) is 3.01. The van der Waals surface area contributed by atoms with Gasteiger partial charge in [0.15, 0.2) is 0 Å². The van der Waals surface area contributed by atoms with Crippen LogP contribution in [0, 0.1) is 12.7 Å². The number of primary amides is 1. The lowest BCUT2D eigenvalue weighted by atomic mass is 10.0. The minimum atomic E-state index is -0.455. The van der Waals surface area contributed by atoms with Gasteiger partial charge in [0.2, 0.25) is 5.91 Å². The van der Waals surface area contributed by atoms with Crippen LogP contribution in [0.25, 0.3) is 22.2 Å². The first-order chi connectivity index (χ1) is 14.0. The molecule has 0 saturated carbocycles. The molecule has 0 saturated heterocycles. The van der Waals surface area contributed by atoms with Crippen molar-refractivity contribution in [2.45, 2.75) is 13.5 Å². The van der Waals surface area contributed by atoms with Crippen LogP contribution in [0.4, 0.5) is 4.39 Å². The van der Waals surface area contributed by atoms with Crippen LogP contribution in [0.15, 0.2) is 66.7 Å². The Balaban J connectivity index is 1.93. The van der Waals surface area contributed by atoms with Crippen molar-refractivity contribution in [3.8, 4) is 17.0 Å². The molecule has 4 nitrogen and oxygen atoms in total. The summed E-state index contributed by atoms with van der Waals surface area (Å²) in [5.74, 6) is 0.0657. The van der Waals surface area contributed by atoms with E-state index in [1.54, 1.807) is 25.3 Å². The van der Waals surface area contributed by atoms with Gasteiger partial charge in [-0.15, -0.1) is 0 Å². The molecular formula is C24H21FN2O2. The molecule has 0 atom stereocenters. The highest BCUT2D eigenvalue weighted by atomic mass is 19.1. The highest BCUT2D eigenvalue weighted by Gasteiger charge is 2.17. The van der Waals surface area contributed by atoms with Gasteiger partial charge in [0.1, 0.15) is 11.6 Å². The fraction of sp³-hybridized carbons (Fsp3) is 0.125. The Hall–Kier alpha value is -3.60. The van der Waals surface area contributed by atoms with Crippen molar-refractivity contribution in [3.63, 3.8) is 0 Å². The van der Waals surface area contributed by atoms with E-state index in [1.807, 2.05) is 43.3 Å². The number of hydrogen-bond acceptors (Lipinski definition) is 2. The van der Waals surface area contributed by atoms with Gasteiger partial charge in [-0.25, -0.2) is 4.39 Å². The lowest BCUT2D eigenvalue weighted by Gasteiger charge is -2.13. The number of nitrogens with zero attached hydrogens (tertiary/aromatic N) is 1. The van der Waals surface area contributed by atoms with Crippen LogP contribution in [0.2, 0.25) is 0 Å². The van der Waals surface area contributed by atoms with Gasteiger partial charge in [-0.1, -0.05) is 12.1 Å². The van der Waals surface area contributed by atoms with Crippen molar-refractivity contribution in [1.29, 1.82) is 0 Å². The molecule has 1 heterocycles. The second-order valence-corrected chi connectivity index (χ2v) is 7.01. The maximum Gasteiger partial charge on any atom is 0.248 e. The van der Waals surface area contributed by atoms with Crippen LogP contribution in [0.5, 0.6) is 5.75 Å². The predicted octanol–water partition coefficient (Wildman–Crippen LogP) is 4.91. The van der Waals surface area contributed by atoms with Crippen LogP contribution in [0.3, 0.4) is 0 Å². The number of hydrogen-bond donors (Lipinski definition) is 1. The zero-order valence-corrected chi connectivity index (χ0v) is 16.3. The third-order valence-electron chi connectivity index (χ3n) is 5.22. The van der Waals surface area contributed by atoms with Crippen molar-refractivity contribution >= 4 is 16.8 Å². The fourth-order valence-electron chi connectivity index (χ4n) is 3.73. The summed E-state index contributed by atoms with van der Waals surface area (Å²) >= 11 is 0. The Morgan fingerprint density at radius 1 is 1.03 bits per heavy atom. The first-order valence-electron chi connectivity index (χ1n) is 9.29. The van der Waals surface area contributed by atoms with Gasteiger partial charge in [0.25, 0.3) is 0 Å². The normalized spacial score (nSPS) is 11.0. The monoisotopic (exact) mass is 388 g/mol. The van der Waals surface area contributed by atoms with Crippen LogP contribution in [-0.2, 0) is 6.54 Å². The Morgan fingerprint density at radius 2 is 1.72 bits per heavy atom. The molecule has 1 amide bonds. The van der Waals surface area contributed by atoms with Crippen molar-refractivity contribution in [2.24, 2.45) is 5.73 Å². The van der Waals surface area contributed by atoms with E-state index in [0.29, 0.717) is 12.1 Å². The summed E-state index contributed by atoms with van der Waals surface area (Å²) in [6.07, 6.45) is 0. The van der Waals surface area contributed by atoms with E-state index in [2.05, 4.69) is 4.57 Å². The average molecular weight is 388 g/mol. The Kier molecular flexibility index (Phi) is 4.80. The number of aromatic nitrogens is 1. The first kappa shape index (κ1) is 18.7. The van der Waals surface area contributed by atoms with Gasteiger partial charge >= 0.3 is 0 Å². The zero-order chi connectivity index (χ0) is 20.5. The standard InChI is InChI=1S/C24H21FN2O2/c1-15-21-13-18(24(26)28)7-12-22(21)27(14-16-3-8-19(25)9-4-16)23(15)17-5-10-20(29-2)11-6-17/h3-13H,14H2,1-2H3,(H2,26,28). The molecule has 0 aliphatic carbocycles. The second kappa shape index (κ2) is 7.43. The minimum Gasteiger partial charge on any atom is -0.497 e. The molecule has 5 heteroatoms. The number of amides is 1. The molecule has 29 heavy (non-hydrogen) atoms. The number of ether oxygens (including phenoxy) is 1. The van der Waals surface area contributed by atoms with Gasteiger partial charge in [-0.2, -0.15) is 0 Å². The zero-order valence-electron chi connectivity index (χ0n) is 16.3. The van der Waals surface area contributed by atoms with Gasteiger partial charge in [0.05, 0.1) is 12.8 Å². The number of carbonyl (C=O) groups is 1. The summed E-state index contributed by atoms with van der Waals surface area (Å²) in [4.78, 5) is 11.7. The summed E-state index contributed by atoms with van der Waals surface area (Å²) < 4.78 is 20.8. The van der Waals surface area contributed by atoms with Crippen molar-refractivity contribution < 1.29 is 13.9 Å². The van der Waals surface area contributed by atoms with Gasteiger partial charge in [-0.05, 0) is 78.2 Å². The third-order valence-corrected chi connectivity index (χ3v) is 5.22. The lowest BCUT2D eigenvalue weighted by Crippen LogP contribution is -2.10. The molecular weight excluding hydrogens is 367 g/mol. The number of carbonyl (C=O) groups excluding carboxylic acids is 1. The maximum absolute atomic E-state index is 13.4. The van der Waals surface area contributed by atoms with Crippen LogP contribution in [-0.4, -0.2) is 17.6 Å². The van der Waals surface area contributed by atoms with E-state index in [0.717, 1.165) is 39.0 Å². The molecule has 3 aromatic carbocycles. The van der Waals surface area contributed by atoms with Crippen LogP contribution in [0.1, 0.15) is 21.5 Å². The third kappa shape index (κ3) is 3.47. The summed E-state index contributed by atoms with van der Waals surface area (Å²) in [6, 6.07) is 19.8. The molecule has 2 N–H and O–H groups in total. The Labute approximate surface area is 168 Å². The number of aryl methyl sites for hydroxylation is 1. The van der Waals surface area contributed by atoms with E-state index in [-0.39, 0.29) is 5.82 Å². The molecule has 4 rings (SSSR count). The number of halogens is 1. The van der Waals surface area contributed by atoms with Crippen molar-refractivity contribution in [2.75, 3.05) is 7.11 Å². The van der Waals surface area contributed by atoms with E-state index in [9.17, 15) is 9.18 Å². The molecule has 1 aromatic heterocycles. The predicted molar refractivity (Wildman–Crippen MR) is 113 cm³/mol. The minimum absolute atomic E-state index is 0.260. The number of nitrogens with two attached hydrogens (primary N) is 1. The lowest BCUT2D eigenvalue weighted by molar-refractivity contribution is 0.100. The Morgan fingerprint density at radius 3 is 2.34 bits per heavy atom. The highest BCUT2D eigenvalue weighted by Crippen LogP contribution is 2.35. The summed E-state index contributed by atoms with van der Waals surface area (Å²) in [5, 5.41) is 0.967. The number of benzene rings is 3. The van der Waals surface area contributed by atoms with Gasteiger partial charge < -0.3 is 15.0 Å². The maximum atomic E-state index is 13.4. The molecule has 4 aromatic rings. The topological polar surface area (TPSA) is 57.2 Å². The van der Waals surface area contributed by atoms with Crippen LogP contribution >= 0.6 is 0 Å². The first-order valence-corrected chi connectivity index (χ1v) is 9.29. The summed E-state index contributed by atoms with van der Waals surface area (Å²) in [6.45, 7) is 2.61. The molecule has 0 radical (unpaired) electrons. The SMILES string of the molecule is COc1ccc(-c2c(C)c3cc(C(N)=O)ccc3n2Cc2ccc(F)cc2)cc1. The number of methoxy groups -OCH3 is 1. The molecule has 0 aliphatic heterocycles. The summed E-state index contributed by atoms with van der Waals surface area (Å²) in [5.41, 5.74) is 11.0. The summed E-state index contributed by atoms with van der Waals surface area (Å²) in [7, 11) is 1.64. The van der Waals surface area contributed by atoms with Crippen LogP contribution < -0.4 is 10.5 Å². The second-order valence-electron chi connectivity index (χ2n) is 7.01. The molecule has 0 fully saturated rings. The molecule has 146 valence electrons. The van der Waals surface area contributed by atoms with Gasteiger partial charge in [0, 0.05) is 23.0 Å². The van der Waals surface area contributed by atoms with E-state index in [1.165, 1.54) is 12.1 Å². The molecule has 0 bridgehead atoms. The van der Waals surface area contributed by atoms with E-state index < -0.39 is 5.91 Å². The molecule has 0 aliphatic rings. The van der Waals surface area contributed by atoms with E-state index >= 15 is 0 Å². The highest BCUT2D eigenvalue weighted by molar-refractivity contribution is 6.00. The number of rotatable bonds is 5. The van der Waals surface area contributed by atoms with Crippen molar-refractivity contribution in [3.05, 3.63) is 89.2 Å². The number of fused-ring (bicyclic) bond motifs is 1. The van der Waals surface area contributed by atoms with E-state index in [4.69, 9.17) is 10.5 Å². The largest absolute Gasteiger partial charge is 0.497 e. The van der Waals surface area contributed by atoms with Crippen molar-refractivity contribution in [1.82, 2.24) is 4.57 Å². The Bertz CT molecular complexity index is 1190. The fourth-order valence-corrected chi connectivity index (χ4v) is 3.73. The quantitative estimate of drug-likeness (QED) is 0.528. The smallest absolute Gasteiger partial charge is 0.248 e. The molecule has 0 spiro atoms. The van der Waals surface area contributed by atoms with Gasteiger partial charge in [-0.3, -0.25) is 4.79 Å².